The molecule has 0 atom stereocenters. The largest absolute Gasteiger partial charge is 0.278 e. The van der Waals surface area contributed by atoms with Gasteiger partial charge in [-0.15, -0.1) is 0 Å². The molecule has 5 heteroatoms. The second kappa shape index (κ2) is 5.23. The van der Waals surface area contributed by atoms with Crippen LogP contribution in [0.4, 0.5) is 5.69 Å². The van der Waals surface area contributed by atoms with E-state index in [4.69, 9.17) is 11.6 Å². The number of nitrogens with one attached hydrogen (secondary N) is 1. The van der Waals surface area contributed by atoms with Gasteiger partial charge in [0, 0.05) is 12.7 Å². The van der Waals surface area contributed by atoms with Crippen LogP contribution >= 0.6 is 11.6 Å². The van der Waals surface area contributed by atoms with Gasteiger partial charge >= 0.3 is 0 Å². The first-order valence-electron chi connectivity index (χ1n) is 5.64. The number of aromatic nitrogens is 2. The van der Waals surface area contributed by atoms with Crippen LogP contribution in [0.5, 0.6) is 0 Å². The first kappa shape index (κ1) is 12.6. The standard InChI is InChI=1S/C13H15ClN4/c1-9(12-10(2)18(3)17-13(12)14)15-16-11-7-5-4-6-8-11/h4-8,16H,1-3H3/b15-9+. The third kappa shape index (κ3) is 2.54. The van der Waals surface area contributed by atoms with Crippen LogP contribution in [0.1, 0.15) is 18.2 Å². The molecule has 0 aliphatic heterocycles. The average Bonchev–Trinajstić information content (AvgIpc) is 2.62. The Morgan fingerprint density at radius 2 is 2.00 bits per heavy atom. The number of rotatable bonds is 3. The lowest BCUT2D eigenvalue weighted by Crippen LogP contribution is -2.02. The fraction of sp³-hybridized carbons (Fsp3) is 0.231. The smallest absolute Gasteiger partial charge is 0.160 e. The topological polar surface area (TPSA) is 42.2 Å². The normalized spacial score (nSPS) is 11.7. The number of aryl methyl sites for hydroxylation is 1. The van der Waals surface area contributed by atoms with E-state index in [0.29, 0.717) is 5.15 Å². The highest BCUT2D eigenvalue weighted by atomic mass is 35.5. The summed E-state index contributed by atoms with van der Waals surface area (Å²) in [5.41, 5.74) is 6.63. The van der Waals surface area contributed by atoms with Crippen LogP contribution in [-0.4, -0.2) is 15.5 Å². The molecule has 0 aliphatic rings. The maximum absolute atomic E-state index is 6.09. The number of halogens is 1. The van der Waals surface area contributed by atoms with E-state index in [1.165, 1.54) is 0 Å². The summed E-state index contributed by atoms with van der Waals surface area (Å²) in [6.07, 6.45) is 0. The van der Waals surface area contributed by atoms with Crippen molar-refractivity contribution in [2.45, 2.75) is 13.8 Å². The van der Waals surface area contributed by atoms with E-state index in [1.54, 1.807) is 4.68 Å². The van der Waals surface area contributed by atoms with E-state index >= 15 is 0 Å². The molecule has 94 valence electrons. The van der Waals surface area contributed by atoms with Crippen LogP contribution in [0.25, 0.3) is 0 Å². The number of nitrogens with zero attached hydrogens (tertiary/aromatic N) is 3. The molecule has 1 aromatic carbocycles. The third-order valence-electron chi connectivity index (χ3n) is 2.78. The molecular weight excluding hydrogens is 248 g/mol. The number of para-hydroxylation sites is 1. The van der Waals surface area contributed by atoms with Crippen LogP contribution in [0.3, 0.4) is 0 Å². The molecule has 2 rings (SSSR count). The minimum atomic E-state index is 0.478. The van der Waals surface area contributed by atoms with E-state index in [1.807, 2.05) is 51.2 Å². The molecule has 4 nitrogen and oxygen atoms in total. The lowest BCUT2D eigenvalue weighted by molar-refractivity contribution is 0.740. The summed E-state index contributed by atoms with van der Waals surface area (Å²) in [4.78, 5) is 0. The highest BCUT2D eigenvalue weighted by Gasteiger charge is 2.13. The summed E-state index contributed by atoms with van der Waals surface area (Å²) < 4.78 is 1.75. The van der Waals surface area contributed by atoms with E-state index in [-0.39, 0.29) is 0 Å². The first-order chi connectivity index (χ1) is 8.59. The molecule has 0 amide bonds. The molecule has 2 aromatic rings. The fourth-order valence-corrected chi connectivity index (χ4v) is 2.08. The van der Waals surface area contributed by atoms with Gasteiger partial charge in [0.05, 0.1) is 17.0 Å². The zero-order valence-corrected chi connectivity index (χ0v) is 11.4. The van der Waals surface area contributed by atoms with Crippen molar-refractivity contribution < 1.29 is 0 Å². The van der Waals surface area contributed by atoms with Gasteiger partial charge < -0.3 is 0 Å². The van der Waals surface area contributed by atoms with Crippen molar-refractivity contribution in [2.24, 2.45) is 12.1 Å². The monoisotopic (exact) mass is 262 g/mol. The molecular formula is C13H15ClN4. The molecule has 0 radical (unpaired) electrons. The van der Waals surface area contributed by atoms with E-state index < -0.39 is 0 Å². The van der Waals surface area contributed by atoms with E-state index in [2.05, 4.69) is 15.6 Å². The van der Waals surface area contributed by atoms with Crippen LogP contribution in [0, 0.1) is 6.92 Å². The van der Waals surface area contributed by atoms with Crippen molar-refractivity contribution in [3.05, 3.63) is 46.7 Å². The summed E-state index contributed by atoms with van der Waals surface area (Å²) >= 11 is 6.09. The number of hydrazone groups is 1. The van der Waals surface area contributed by atoms with Gasteiger partial charge in [-0.2, -0.15) is 10.2 Å². The van der Waals surface area contributed by atoms with E-state index in [9.17, 15) is 0 Å². The molecule has 0 saturated carbocycles. The minimum absolute atomic E-state index is 0.478. The molecule has 0 spiro atoms. The summed E-state index contributed by atoms with van der Waals surface area (Å²) in [5, 5.41) is 8.97. The lowest BCUT2D eigenvalue weighted by atomic mass is 10.2. The van der Waals surface area contributed by atoms with Crippen molar-refractivity contribution in [3.63, 3.8) is 0 Å². The third-order valence-corrected chi connectivity index (χ3v) is 3.04. The van der Waals surface area contributed by atoms with E-state index in [0.717, 1.165) is 22.7 Å². The maximum atomic E-state index is 6.09. The quantitative estimate of drug-likeness (QED) is 0.682. The van der Waals surface area contributed by atoms with Crippen molar-refractivity contribution >= 4 is 23.0 Å². The predicted octanol–water partition coefficient (Wildman–Crippen LogP) is 3.22. The Hall–Kier alpha value is -1.81. The Kier molecular flexibility index (Phi) is 3.67. The summed E-state index contributed by atoms with van der Waals surface area (Å²) in [7, 11) is 1.86. The van der Waals surface area contributed by atoms with Crippen LogP contribution < -0.4 is 5.43 Å². The fourth-order valence-electron chi connectivity index (χ4n) is 1.70. The maximum Gasteiger partial charge on any atom is 0.160 e. The highest BCUT2D eigenvalue weighted by Crippen LogP contribution is 2.19. The highest BCUT2D eigenvalue weighted by molar-refractivity contribution is 6.33. The Morgan fingerprint density at radius 1 is 1.33 bits per heavy atom. The molecule has 18 heavy (non-hydrogen) atoms. The molecule has 0 bridgehead atoms. The van der Waals surface area contributed by atoms with Crippen LogP contribution in [0.15, 0.2) is 35.4 Å². The van der Waals surface area contributed by atoms with Crippen LogP contribution in [0.2, 0.25) is 5.15 Å². The summed E-state index contributed by atoms with van der Waals surface area (Å²) in [5.74, 6) is 0. The number of anilines is 1. The van der Waals surface area contributed by atoms with Gasteiger partial charge in [-0.1, -0.05) is 29.8 Å². The zero-order chi connectivity index (χ0) is 13.1. The minimum Gasteiger partial charge on any atom is -0.278 e. The Morgan fingerprint density at radius 3 is 2.56 bits per heavy atom. The summed E-state index contributed by atoms with van der Waals surface area (Å²) in [6, 6.07) is 9.78. The predicted molar refractivity (Wildman–Crippen MR) is 75.2 cm³/mol. The SMILES string of the molecule is C/C(=N\Nc1ccccc1)c1c(Cl)nn(C)c1C. The Labute approximate surface area is 111 Å². The summed E-state index contributed by atoms with van der Waals surface area (Å²) in [6.45, 7) is 3.88. The van der Waals surface area contributed by atoms with Gasteiger partial charge in [0.1, 0.15) is 0 Å². The first-order valence-corrected chi connectivity index (χ1v) is 6.02. The zero-order valence-electron chi connectivity index (χ0n) is 10.6. The number of benzene rings is 1. The molecule has 1 N–H and O–H groups in total. The van der Waals surface area contributed by atoms with Crippen molar-refractivity contribution in [1.82, 2.24) is 9.78 Å². The molecule has 0 unspecified atom stereocenters. The molecule has 0 aliphatic carbocycles. The van der Waals surface area contributed by atoms with Crippen molar-refractivity contribution in [2.75, 3.05) is 5.43 Å². The average molecular weight is 263 g/mol. The van der Waals surface area contributed by atoms with Crippen molar-refractivity contribution in [1.29, 1.82) is 0 Å². The Balaban J connectivity index is 2.23. The van der Waals surface area contributed by atoms with Crippen molar-refractivity contribution in [3.8, 4) is 0 Å². The molecule has 1 aromatic heterocycles. The van der Waals surface area contributed by atoms with Gasteiger partial charge in [-0.25, -0.2) is 0 Å². The van der Waals surface area contributed by atoms with Gasteiger partial charge in [0.15, 0.2) is 5.15 Å². The Bertz CT molecular complexity index is 572. The van der Waals surface area contributed by atoms with Gasteiger partial charge in [-0.05, 0) is 26.0 Å². The second-order valence-electron chi connectivity index (χ2n) is 4.05. The molecule has 1 heterocycles. The number of hydrogen-bond donors (Lipinski definition) is 1. The second-order valence-corrected chi connectivity index (χ2v) is 4.41. The van der Waals surface area contributed by atoms with Crippen LogP contribution in [-0.2, 0) is 7.05 Å². The van der Waals surface area contributed by atoms with Gasteiger partial charge in [0.2, 0.25) is 0 Å². The van der Waals surface area contributed by atoms with Gasteiger partial charge in [0.25, 0.3) is 0 Å². The molecule has 0 fully saturated rings. The molecule has 0 saturated heterocycles. The lowest BCUT2D eigenvalue weighted by Gasteiger charge is -2.03. The van der Waals surface area contributed by atoms with Gasteiger partial charge in [-0.3, -0.25) is 10.1 Å². The number of hydrogen-bond acceptors (Lipinski definition) is 3.